The maximum Gasteiger partial charge on any atom is 0.242 e. The normalized spacial score (nSPS) is 11.8. The van der Waals surface area contributed by atoms with Crippen LogP contribution in [0.2, 0.25) is 0 Å². The van der Waals surface area contributed by atoms with Crippen molar-refractivity contribution in [1.29, 1.82) is 0 Å². The van der Waals surface area contributed by atoms with E-state index in [9.17, 15) is 4.79 Å². The molecule has 1 unspecified atom stereocenters. The number of hydrogen-bond acceptors (Lipinski definition) is 3. The predicted molar refractivity (Wildman–Crippen MR) is 132 cm³/mol. The van der Waals surface area contributed by atoms with Gasteiger partial charge in [0.1, 0.15) is 5.25 Å². The summed E-state index contributed by atoms with van der Waals surface area (Å²) in [5.74, 6) is -0.0494. The van der Waals surface area contributed by atoms with Gasteiger partial charge in [0.25, 0.3) is 0 Å². The lowest BCUT2D eigenvalue weighted by molar-refractivity contribution is -0.115. The Morgan fingerprint density at radius 1 is 0.906 bits per heavy atom. The summed E-state index contributed by atoms with van der Waals surface area (Å²) in [6.45, 7) is 6.74. The number of anilines is 1. The minimum absolute atomic E-state index is 0.0494. The van der Waals surface area contributed by atoms with Crippen LogP contribution in [0.3, 0.4) is 0 Å². The number of nitrogens with zero attached hydrogens (tertiary/aromatic N) is 2. The molecule has 1 aromatic heterocycles. The van der Waals surface area contributed by atoms with Gasteiger partial charge in [-0.15, -0.1) is 11.8 Å². The molecule has 4 aromatic rings. The molecule has 1 N–H and O–H groups in total. The van der Waals surface area contributed by atoms with Crippen molar-refractivity contribution in [3.63, 3.8) is 0 Å². The van der Waals surface area contributed by atoms with Crippen LogP contribution < -0.4 is 5.32 Å². The summed E-state index contributed by atoms with van der Waals surface area (Å²) in [6, 6.07) is 28.3. The number of aryl methyl sites for hydroxylation is 2. The molecule has 0 spiro atoms. The lowest BCUT2D eigenvalue weighted by atomic mass is 10.1. The van der Waals surface area contributed by atoms with Crippen molar-refractivity contribution in [1.82, 2.24) is 9.78 Å². The zero-order chi connectivity index (χ0) is 22.5. The van der Waals surface area contributed by atoms with E-state index < -0.39 is 0 Å². The van der Waals surface area contributed by atoms with E-state index >= 15 is 0 Å². The van der Waals surface area contributed by atoms with E-state index in [4.69, 9.17) is 5.10 Å². The Labute approximate surface area is 193 Å². The number of thioether (sulfide) groups is 1. The fourth-order valence-electron chi connectivity index (χ4n) is 3.71. The van der Waals surface area contributed by atoms with Crippen LogP contribution in [-0.2, 0) is 11.3 Å². The van der Waals surface area contributed by atoms with Crippen molar-refractivity contribution in [3.8, 4) is 0 Å². The molecule has 3 aromatic carbocycles. The highest BCUT2D eigenvalue weighted by molar-refractivity contribution is 8.00. The molecular formula is C27H27N3OS. The summed E-state index contributed by atoms with van der Waals surface area (Å²) in [6.07, 6.45) is 0. The van der Waals surface area contributed by atoms with Crippen molar-refractivity contribution >= 4 is 23.4 Å². The summed E-state index contributed by atoms with van der Waals surface area (Å²) in [7, 11) is 0. The third-order valence-corrected chi connectivity index (χ3v) is 6.81. The minimum atomic E-state index is -0.364. The molecule has 0 radical (unpaired) electrons. The molecule has 0 saturated carbocycles. The standard InChI is InChI=1S/C27H27N3OS/c1-19-12-10-11-15-23(19)18-30-21(3)25(20(2)29-30)28-27(31)26(22-13-6-4-7-14-22)32-24-16-8-5-9-17-24/h4-17,26H,18H2,1-3H3,(H,28,31). The van der Waals surface area contributed by atoms with Crippen molar-refractivity contribution in [2.75, 3.05) is 5.32 Å². The number of benzene rings is 3. The van der Waals surface area contributed by atoms with Crippen LogP contribution in [0.15, 0.2) is 89.8 Å². The topological polar surface area (TPSA) is 46.9 Å². The summed E-state index contributed by atoms with van der Waals surface area (Å²) < 4.78 is 1.97. The Morgan fingerprint density at radius 3 is 2.22 bits per heavy atom. The third-order valence-electron chi connectivity index (χ3n) is 5.55. The van der Waals surface area contributed by atoms with Crippen LogP contribution in [0.1, 0.15) is 33.3 Å². The maximum absolute atomic E-state index is 13.5. The zero-order valence-corrected chi connectivity index (χ0v) is 19.4. The van der Waals surface area contributed by atoms with E-state index in [1.807, 2.05) is 91.3 Å². The third kappa shape index (κ3) is 4.94. The Hall–Kier alpha value is -3.31. The molecule has 0 bridgehead atoms. The molecule has 0 aliphatic heterocycles. The van der Waals surface area contributed by atoms with Crippen molar-refractivity contribution in [2.24, 2.45) is 0 Å². The monoisotopic (exact) mass is 441 g/mol. The highest BCUT2D eigenvalue weighted by Crippen LogP contribution is 2.36. The Bertz CT molecular complexity index is 1200. The number of aromatic nitrogens is 2. The number of carbonyl (C=O) groups excluding carboxylic acids is 1. The first kappa shape index (κ1) is 21.9. The lowest BCUT2D eigenvalue weighted by Gasteiger charge is -2.17. The lowest BCUT2D eigenvalue weighted by Crippen LogP contribution is -2.20. The number of amides is 1. The molecule has 0 aliphatic carbocycles. The highest BCUT2D eigenvalue weighted by Gasteiger charge is 2.24. The van der Waals surface area contributed by atoms with Gasteiger partial charge in [0.05, 0.1) is 23.6 Å². The van der Waals surface area contributed by atoms with Crippen molar-refractivity contribution < 1.29 is 4.79 Å². The Kier molecular flexibility index (Phi) is 6.76. The van der Waals surface area contributed by atoms with E-state index in [-0.39, 0.29) is 11.2 Å². The van der Waals surface area contributed by atoms with Crippen LogP contribution in [0, 0.1) is 20.8 Å². The molecule has 0 fully saturated rings. The van der Waals surface area contributed by atoms with Gasteiger partial charge in [0.15, 0.2) is 0 Å². The number of rotatable bonds is 7. The molecule has 1 heterocycles. The molecular weight excluding hydrogens is 414 g/mol. The molecule has 1 atom stereocenters. The Morgan fingerprint density at radius 2 is 1.53 bits per heavy atom. The highest BCUT2D eigenvalue weighted by atomic mass is 32.2. The van der Waals surface area contributed by atoms with Gasteiger partial charge in [-0.3, -0.25) is 9.48 Å². The van der Waals surface area contributed by atoms with Crippen LogP contribution in [0.25, 0.3) is 0 Å². The van der Waals surface area contributed by atoms with Crippen LogP contribution in [-0.4, -0.2) is 15.7 Å². The van der Waals surface area contributed by atoms with Gasteiger partial charge >= 0.3 is 0 Å². The van der Waals surface area contributed by atoms with Gasteiger partial charge in [0.2, 0.25) is 5.91 Å². The largest absolute Gasteiger partial charge is 0.322 e. The molecule has 4 nitrogen and oxygen atoms in total. The number of nitrogens with one attached hydrogen (secondary N) is 1. The fourth-order valence-corrected chi connectivity index (χ4v) is 4.75. The smallest absolute Gasteiger partial charge is 0.242 e. The molecule has 32 heavy (non-hydrogen) atoms. The van der Waals surface area contributed by atoms with Crippen LogP contribution in [0.4, 0.5) is 5.69 Å². The predicted octanol–water partition coefficient (Wildman–Crippen LogP) is 6.33. The summed E-state index contributed by atoms with van der Waals surface area (Å²) in [5.41, 5.74) is 5.99. The molecule has 4 rings (SSSR count). The summed E-state index contributed by atoms with van der Waals surface area (Å²) >= 11 is 1.55. The van der Waals surface area contributed by atoms with Gasteiger partial charge in [-0.05, 0) is 49.6 Å². The second-order valence-electron chi connectivity index (χ2n) is 7.84. The molecule has 162 valence electrons. The second kappa shape index (κ2) is 9.88. The first-order valence-electron chi connectivity index (χ1n) is 10.7. The fraction of sp³-hybridized carbons (Fsp3) is 0.185. The Balaban J connectivity index is 1.59. The van der Waals surface area contributed by atoms with E-state index in [2.05, 4.69) is 24.4 Å². The van der Waals surface area contributed by atoms with E-state index in [1.165, 1.54) is 11.1 Å². The van der Waals surface area contributed by atoms with Gasteiger partial charge in [-0.1, -0.05) is 72.8 Å². The van der Waals surface area contributed by atoms with Crippen molar-refractivity contribution in [3.05, 3.63) is 113 Å². The first-order valence-corrected chi connectivity index (χ1v) is 11.6. The first-order chi connectivity index (χ1) is 15.5. The number of carbonyl (C=O) groups is 1. The van der Waals surface area contributed by atoms with Gasteiger partial charge in [0, 0.05) is 4.90 Å². The summed E-state index contributed by atoms with van der Waals surface area (Å²) in [5, 5.41) is 7.52. The quantitative estimate of drug-likeness (QED) is 0.341. The van der Waals surface area contributed by atoms with Gasteiger partial charge in [-0.2, -0.15) is 5.10 Å². The van der Waals surface area contributed by atoms with Crippen LogP contribution >= 0.6 is 11.8 Å². The zero-order valence-electron chi connectivity index (χ0n) is 18.6. The minimum Gasteiger partial charge on any atom is -0.322 e. The molecule has 1 amide bonds. The SMILES string of the molecule is Cc1ccccc1Cn1nc(C)c(NC(=O)C(Sc2ccccc2)c2ccccc2)c1C. The average Bonchev–Trinajstić information content (AvgIpc) is 3.07. The van der Waals surface area contributed by atoms with E-state index in [0.29, 0.717) is 6.54 Å². The molecule has 5 heteroatoms. The average molecular weight is 442 g/mol. The van der Waals surface area contributed by atoms with Crippen molar-refractivity contribution in [2.45, 2.75) is 37.5 Å². The maximum atomic E-state index is 13.5. The van der Waals surface area contributed by atoms with Gasteiger partial charge < -0.3 is 5.32 Å². The van der Waals surface area contributed by atoms with Gasteiger partial charge in [-0.25, -0.2) is 0 Å². The second-order valence-corrected chi connectivity index (χ2v) is 9.02. The van der Waals surface area contributed by atoms with E-state index in [0.717, 1.165) is 27.5 Å². The molecule has 0 aliphatic rings. The van der Waals surface area contributed by atoms with Crippen LogP contribution in [0.5, 0.6) is 0 Å². The van der Waals surface area contributed by atoms with E-state index in [1.54, 1.807) is 11.8 Å². The molecule has 0 saturated heterocycles. The summed E-state index contributed by atoms with van der Waals surface area (Å²) in [4.78, 5) is 14.5. The number of hydrogen-bond donors (Lipinski definition) is 1.